The fourth-order valence-corrected chi connectivity index (χ4v) is 4.31. The molecule has 3 aromatic rings. The van der Waals surface area contributed by atoms with Gasteiger partial charge in [-0.3, -0.25) is 4.72 Å². The summed E-state index contributed by atoms with van der Waals surface area (Å²) in [7, 11) is -1.59. The molecule has 0 aliphatic carbocycles. The molecule has 1 aromatic heterocycles. The van der Waals surface area contributed by atoms with Crippen molar-refractivity contribution in [2.45, 2.75) is 4.90 Å². The molecule has 136 valence electrons. The lowest BCUT2D eigenvalue weighted by Gasteiger charge is -2.31. The number of rotatable bonds is 4. The van der Waals surface area contributed by atoms with Crippen molar-refractivity contribution in [2.24, 2.45) is 0 Å². The standard InChI is InChI=1S/C17H19N5O3S/c1-21-9-11-22(12-10-21)14-7-5-13(6-8-14)20-26(23,24)16-4-2-3-15-17(16)19-25-18-15/h2-8,20H,9-12H2,1H3/p+1. The summed E-state index contributed by atoms with van der Waals surface area (Å²) in [6, 6.07) is 12.2. The van der Waals surface area contributed by atoms with Crippen LogP contribution in [0.4, 0.5) is 11.4 Å². The summed E-state index contributed by atoms with van der Waals surface area (Å²) in [5, 5.41) is 7.38. The smallest absolute Gasteiger partial charge is 0.264 e. The third-order valence-corrected chi connectivity index (χ3v) is 6.05. The Labute approximate surface area is 151 Å². The first kappa shape index (κ1) is 16.8. The summed E-state index contributed by atoms with van der Waals surface area (Å²) in [4.78, 5) is 3.89. The Morgan fingerprint density at radius 3 is 2.54 bits per heavy atom. The number of aromatic nitrogens is 2. The van der Waals surface area contributed by atoms with Crippen LogP contribution >= 0.6 is 0 Å². The zero-order valence-electron chi connectivity index (χ0n) is 14.3. The van der Waals surface area contributed by atoms with Gasteiger partial charge < -0.3 is 9.80 Å². The van der Waals surface area contributed by atoms with E-state index in [4.69, 9.17) is 0 Å². The maximum absolute atomic E-state index is 12.7. The molecule has 1 aliphatic rings. The minimum atomic E-state index is -3.78. The number of hydrogen-bond acceptors (Lipinski definition) is 6. The van der Waals surface area contributed by atoms with Gasteiger partial charge in [0.2, 0.25) is 0 Å². The Balaban J connectivity index is 1.54. The molecule has 2 aromatic carbocycles. The van der Waals surface area contributed by atoms with Crippen LogP contribution in [0.25, 0.3) is 11.0 Å². The molecule has 0 amide bonds. The molecule has 1 fully saturated rings. The molecule has 0 spiro atoms. The molecule has 0 bridgehead atoms. The second kappa shape index (κ2) is 6.58. The monoisotopic (exact) mass is 374 g/mol. The van der Waals surface area contributed by atoms with Crippen LogP contribution in [0.3, 0.4) is 0 Å². The average molecular weight is 374 g/mol. The lowest BCUT2D eigenvalue weighted by atomic mass is 10.2. The van der Waals surface area contributed by atoms with Gasteiger partial charge in [0.25, 0.3) is 10.0 Å². The van der Waals surface area contributed by atoms with Gasteiger partial charge >= 0.3 is 0 Å². The number of nitrogens with zero attached hydrogens (tertiary/aromatic N) is 3. The zero-order valence-corrected chi connectivity index (χ0v) is 15.2. The number of quaternary nitrogens is 1. The third-order valence-electron chi connectivity index (χ3n) is 4.64. The van der Waals surface area contributed by atoms with E-state index < -0.39 is 10.0 Å². The van der Waals surface area contributed by atoms with E-state index in [1.807, 2.05) is 12.1 Å². The van der Waals surface area contributed by atoms with Crippen molar-refractivity contribution >= 4 is 32.4 Å². The maximum Gasteiger partial charge on any atom is 0.264 e. The summed E-state index contributed by atoms with van der Waals surface area (Å²) >= 11 is 0. The topological polar surface area (TPSA) is 92.8 Å². The van der Waals surface area contributed by atoms with E-state index in [1.165, 1.54) is 11.0 Å². The molecule has 1 aliphatic heterocycles. The van der Waals surface area contributed by atoms with Crippen molar-refractivity contribution in [1.82, 2.24) is 10.3 Å². The van der Waals surface area contributed by atoms with Gasteiger partial charge in [-0.05, 0) is 46.7 Å². The van der Waals surface area contributed by atoms with Gasteiger partial charge in [0.05, 0.1) is 33.2 Å². The first-order valence-corrected chi connectivity index (χ1v) is 9.92. The van der Waals surface area contributed by atoms with Crippen molar-refractivity contribution in [3.8, 4) is 0 Å². The van der Waals surface area contributed by atoms with E-state index in [2.05, 4.69) is 31.6 Å². The van der Waals surface area contributed by atoms with Crippen molar-refractivity contribution in [3.63, 3.8) is 0 Å². The van der Waals surface area contributed by atoms with E-state index in [-0.39, 0.29) is 10.4 Å². The predicted molar refractivity (Wildman–Crippen MR) is 97.9 cm³/mol. The number of piperazine rings is 1. The number of fused-ring (bicyclic) bond motifs is 1. The van der Waals surface area contributed by atoms with Gasteiger partial charge in [0.1, 0.15) is 10.4 Å². The summed E-state index contributed by atoms with van der Waals surface area (Å²) in [5.41, 5.74) is 2.22. The van der Waals surface area contributed by atoms with Crippen LogP contribution in [0.2, 0.25) is 0 Å². The number of likely N-dealkylation sites (N-methyl/N-ethyl adjacent to an activating group) is 1. The molecule has 4 rings (SSSR count). The Kier molecular flexibility index (Phi) is 4.25. The van der Waals surface area contributed by atoms with Crippen molar-refractivity contribution in [1.29, 1.82) is 0 Å². The molecule has 2 heterocycles. The van der Waals surface area contributed by atoms with Gasteiger partial charge in [-0.2, -0.15) is 0 Å². The molecule has 0 saturated carbocycles. The van der Waals surface area contributed by atoms with Crippen LogP contribution in [0, 0.1) is 0 Å². The zero-order chi connectivity index (χ0) is 18.1. The van der Waals surface area contributed by atoms with Crippen molar-refractivity contribution < 1.29 is 17.9 Å². The second-order valence-corrected chi connectivity index (χ2v) is 8.14. The number of nitrogens with one attached hydrogen (secondary N) is 2. The number of anilines is 2. The normalized spacial score (nSPS) is 16.1. The SMILES string of the molecule is C[NH+]1CCN(c2ccc(NS(=O)(=O)c3cccc4nonc34)cc2)CC1. The van der Waals surface area contributed by atoms with Gasteiger partial charge in [-0.25, -0.2) is 13.0 Å². The first-order chi connectivity index (χ1) is 12.5. The van der Waals surface area contributed by atoms with E-state index >= 15 is 0 Å². The fraction of sp³-hybridized carbons (Fsp3) is 0.294. The molecule has 2 N–H and O–H groups in total. The Morgan fingerprint density at radius 2 is 1.81 bits per heavy atom. The summed E-state index contributed by atoms with van der Waals surface area (Å²) in [6.45, 7) is 4.20. The van der Waals surface area contributed by atoms with Crippen LogP contribution < -0.4 is 14.5 Å². The van der Waals surface area contributed by atoms with Gasteiger partial charge in [0, 0.05) is 11.4 Å². The average Bonchev–Trinajstić information content (AvgIpc) is 3.11. The van der Waals surface area contributed by atoms with Crippen molar-refractivity contribution in [2.75, 3.05) is 42.8 Å². The van der Waals surface area contributed by atoms with Crippen LogP contribution in [0.15, 0.2) is 52.0 Å². The number of sulfonamides is 1. The number of hydrogen-bond donors (Lipinski definition) is 2. The first-order valence-electron chi connectivity index (χ1n) is 8.43. The molecular weight excluding hydrogens is 354 g/mol. The van der Waals surface area contributed by atoms with E-state index in [0.717, 1.165) is 31.9 Å². The highest BCUT2D eigenvalue weighted by molar-refractivity contribution is 7.93. The van der Waals surface area contributed by atoms with Gasteiger partial charge in [-0.15, -0.1) is 0 Å². The van der Waals surface area contributed by atoms with Crippen LogP contribution in [0.5, 0.6) is 0 Å². The Bertz CT molecular complexity index is 1010. The molecule has 0 radical (unpaired) electrons. The summed E-state index contributed by atoms with van der Waals surface area (Å²) in [6.07, 6.45) is 0. The lowest BCUT2D eigenvalue weighted by Crippen LogP contribution is -3.12. The highest BCUT2D eigenvalue weighted by Gasteiger charge is 2.21. The highest BCUT2D eigenvalue weighted by Crippen LogP contribution is 2.24. The van der Waals surface area contributed by atoms with Crippen molar-refractivity contribution in [3.05, 3.63) is 42.5 Å². The Hall–Kier alpha value is -2.65. The third kappa shape index (κ3) is 3.23. The summed E-state index contributed by atoms with van der Waals surface area (Å²) < 4.78 is 32.6. The molecule has 9 heteroatoms. The summed E-state index contributed by atoms with van der Waals surface area (Å²) in [5.74, 6) is 0. The fourth-order valence-electron chi connectivity index (χ4n) is 3.10. The second-order valence-electron chi connectivity index (χ2n) is 6.48. The Morgan fingerprint density at radius 1 is 1.08 bits per heavy atom. The molecular formula is C17H20N5O3S+. The van der Waals surface area contributed by atoms with Gasteiger partial charge in [-0.1, -0.05) is 6.07 Å². The molecule has 1 saturated heterocycles. The quantitative estimate of drug-likeness (QED) is 0.685. The molecule has 0 unspecified atom stereocenters. The van der Waals surface area contributed by atoms with Crippen LogP contribution in [-0.4, -0.2) is 52.0 Å². The minimum Gasteiger partial charge on any atom is -0.360 e. The molecule has 26 heavy (non-hydrogen) atoms. The van der Waals surface area contributed by atoms with E-state index in [1.54, 1.807) is 24.3 Å². The van der Waals surface area contributed by atoms with E-state index in [0.29, 0.717) is 11.2 Å². The molecule has 0 atom stereocenters. The predicted octanol–water partition coefficient (Wildman–Crippen LogP) is 0.358. The minimum absolute atomic E-state index is 0.0439. The molecule has 8 nitrogen and oxygen atoms in total. The van der Waals surface area contributed by atoms with Gasteiger partial charge in [0.15, 0.2) is 5.52 Å². The largest absolute Gasteiger partial charge is 0.360 e. The number of benzene rings is 2. The maximum atomic E-state index is 12.7. The highest BCUT2D eigenvalue weighted by atomic mass is 32.2. The van der Waals surface area contributed by atoms with Crippen LogP contribution in [-0.2, 0) is 10.0 Å². The van der Waals surface area contributed by atoms with E-state index in [9.17, 15) is 8.42 Å². The van der Waals surface area contributed by atoms with Crippen LogP contribution in [0.1, 0.15) is 0 Å². The lowest BCUT2D eigenvalue weighted by molar-refractivity contribution is -0.880.